The Hall–Kier alpha value is -0.370. The van der Waals surface area contributed by atoms with Crippen molar-refractivity contribution in [2.24, 2.45) is 5.92 Å². The first-order valence-corrected chi connectivity index (χ1v) is 8.31. The summed E-state index contributed by atoms with van der Waals surface area (Å²) >= 11 is 0.769. The topological polar surface area (TPSA) is 28.2 Å². The van der Waals surface area contributed by atoms with Crippen molar-refractivity contribution < 1.29 is 13.2 Å². The van der Waals surface area contributed by atoms with Gasteiger partial charge in [-0.25, -0.2) is 4.98 Å². The molecule has 3 heterocycles. The van der Waals surface area contributed by atoms with Gasteiger partial charge in [0.25, 0.3) is 0 Å². The summed E-state index contributed by atoms with van der Waals surface area (Å²) in [6.45, 7) is 3.60. The van der Waals surface area contributed by atoms with E-state index in [4.69, 9.17) is 0 Å². The molecular weight excluding hydrogens is 335 g/mol. The van der Waals surface area contributed by atoms with Crippen molar-refractivity contribution in [1.82, 2.24) is 15.2 Å². The minimum atomic E-state index is -4.27. The second-order valence-electron chi connectivity index (χ2n) is 5.93. The van der Waals surface area contributed by atoms with Gasteiger partial charge in [0.15, 0.2) is 0 Å². The maximum Gasteiger partial charge on any atom is 0.427 e. The van der Waals surface area contributed by atoms with Crippen LogP contribution in [0.2, 0.25) is 0 Å². The lowest BCUT2D eigenvalue weighted by molar-refractivity contribution is -0.134. The lowest BCUT2D eigenvalue weighted by atomic mass is 9.88. The van der Waals surface area contributed by atoms with Gasteiger partial charge in [-0.2, -0.15) is 13.2 Å². The number of rotatable bonds is 3. The van der Waals surface area contributed by atoms with E-state index < -0.39 is 11.1 Å². The number of nitrogens with zero attached hydrogens (tertiary/aromatic N) is 2. The quantitative estimate of drug-likeness (QED) is 0.898. The second-order valence-corrected chi connectivity index (χ2v) is 7.05. The molecule has 0 radical (unpaired) electrons. The Balaban J connectivity index is 0.00000176. The predicted molar refractivity (Wildman–Crippen MR) is 83.4 cm³/mol. The van der Waals surface area contributed by atoms with Crippen LogP contribution in [0.3, 0.4) is 0 Å². The molecule has 0 spiro atoms. The van der Waals surface area contributed by atoms with E-state index in [1.807, 2.05) is 0 Å². The lowest BCUT2D eigenvalue weighted by Gasteiger charge is -2.34. The van der Waals surface area contributed by atoms with Crippen molar-refractivity contribution in [3.8, 4) is 0 Å². The Kier molecular flexibility index (Phi) is 6.10. The summed E-state index contributed by atoms with van der Waals surface area (Å²) in [5.74, 6) is 0.728. The minimum absolute atomic E-state index is 0. The molecule has 0 bridgehead atoms. The molecule has 0 aliphatic carbocycles. The molecule has 2 fully saturated rings. The zero-order chi connectivity index (χ0) is 14.9. The van der Waals surface area contributed by atoms with Crippen LogP contribution >= 0.6 is 23.7 Å². The number of likely N-dealkylation sites (tertiary alicyclic amines) is 1. The van der Waals surface area contributed by atoms with E-state index in [0.717, 1.165) is 55.9 Å². The van der Waals surface area contributed by atoms with Crippen LogP contribution in [-0.2, 0) is 12.7 Å². The number of piperidine rings is 1. The molecule has 1 atom stereocenters. The molecule has 1 aromatic heterocycles. The number of alkyl halides is 3. The SMILES string of the molecule is Cl.FC(F)(F)c1cnc(CN2CCC(C3CCCN3)CC2)s1. The molecule has 1 unspecified atom stereocenters. The van der Waals surface area contributed by atoms with E-state index in [0.29, 0.717) is 17.6 Å². The molecule has 2 aliphatic rings. The van der Waals surface area contributed by atoms with Crippen LogP contribution in [0.4, 0.5) is 13.2 Å². The van der Waals surface area contributed by atoms with Gasteiger partial charge in [0.05, 0.1) is 12.7 Å². The number of hydrogen-bond acceptors (Lipinski definition) is 4. The van der Waals surface area contributed by atoms with Crippen molar-refractivity contribution >= 4 is 23.7 Å². The lowest BCUT2D eigenvalue weighted by Crippen LogP contribution is -2.40. The van der Waals surface area contributed by atoms with Crippen molar-refractivity contribution in [3.63, 3.8) is 0 Å². The number of halogens is 4. The van der Waals surface area contributed by atoms with Crippen molar-refractivity contribution in [2.75, 3.05) is 19.6 Å². The zero-order valence-corrected chi connectivity index (χ0v) is 13.9. The molecule has 1 N–H and O–H groups in total. The van der Waals surface area contributed by atoms with Crippen molar-refractivity contribution in [1.29, 1.82) is 0 Å². The third-order valence-electron chi connectivity index (χ3n) is 4.49. The molecule has 126 valence electrons. The minimum Gasteiger partial charge on any atom is -0.314 e. The molecule has 0 aromatic carbocycles. The maximum absolute atomic E-state index is 12.6. The van der Waals surface area contributed by atoms with Crippen LogP contribution in [0.25, 0.3) is 0 Å². The van der Waals surface area contributed by atoms with Crippen LogP contribution in [0.5, 0.6) is 0 Å². The average molecular weight is 356 g/mol. The third-order valence-corrected chi connectivity index (χ3v) is 5.52. The summed E-state index contributed by atoms with van der Waals surface area (Å²) in [5, 5.41) is 4.13. The third kappa shape index (κ3) is 4.34. The predicted octanol–water partition coefficient (Wildman–Crippen LogP) is 3.55. The fraction of sp³-hybridized carbons (Fsp3) is 0.786. The Bertz CT molecular complexity index is 466. The molecule has 22 heavy (non-hydrogen) atoms. The number of aromatic nitrogens is 1. The van der Waals surface area contributed by atoms with Crippen LogP contribution < -0.4 is 5.32 Å². The van der Waals surface area contributed by atoms with Crippen molar-refractivity contribution in [2.45, 2.75) is 44.4 Å². The Morgan fingerprint density at radius 1 is 1.27 bits per heavy atom. The van der Waals surface area contributed by atoms with Gasteiger partial charge in [-0.3, -0.25) is 4.90 Å². The molecule has 0 saturated carbocycles. The fourth-order valence-electron chi connectivity index (χ4n) is 3.33. The highest BCUT2D eigenvalue weighted by Gasteiger charge is 2.34. The highest BCUT2D eigenvalue weighted by atomic mass is 35.5. The normalized spacial score (nSPS) is 24.4. The molecule has 2 aliphatic heterocycles. The first-order chi connectivity index (χ1) is 10.0. The first kappa shape index (κ1) is 18.0. The van der Waals surface area contributed by atoms with Gasteiger partial charge in [-0.1, -0.05) is 0 Å². The standard InChI is InChI=1S/C14H20F3N3S.ClH/c15-14(16,17)12-8-19-13(21-12)9-20-6-3-10(4-7-20)11-2-1-5-18-11;/h8,10-11,18H,1-7,9H2;1H. The molecule has 3 nitrogen and oxygen atoms in total. The summed E-state index contributed by atoms with van der Waals surface area (Å²) in [6.07, 6.45) is 1.49. The molecule has 1 aromatic rings. The summed E-state index contributed by atoms with van der Waals surface area (Å²) in [4.78, 5) is 5.55. The summed E-state index contributed by atoms with van der Waals surface area (Å²) < 4.78 is 37.7. The molecule has 0 amide bonds. The van der Waals surface area contributed by atoms with Gasteiger partial charge in [-0.05, 0) is 51.2 Å². The Morgan fingerprint density at radius 3 is 2.55 bits per heavy atom. The fourth-order valence-corrected chi connectivity index (χ4v) is 4.16. The van der Waals surface area contributed by atoms with E-state index in [9.17, 15) is 13.2 Å². The zero-order valence-electron chi connectivity index (χ0n) is 12.2. The summed E-state index contributed by atoms with van der Waals surface area (Å²) in [6, 6.07) is 0.656. The molecular formula is C14H21ClF3N3S. The van der Waals surface area contributed by atoms with E-state index >= 15 is 0 Å². The summed E-state index contributed by atoms with van der Waals surface area (Å²) in [7, 11) is 0. The van der Waals surface area contributed by atoms with Crippen LogP contribution in [0.1, 0.15) is 35.6 Å². The van der Waals surface area contributed by atoms with E-state index in [1.165, 1.54) is 12.8 Å². The molecule has 3 rings (SSSR count). The van der Waals surface area contributed by atoms with E-state index in [2.05, 4.69) is 15.2 Å². The smallest absolute Gasteiger partial charge is 0.314 e. The van der Waals surface area contributed by atoms with E-state index in [1.54, 1.807) is 0 Å². The average Bonchev–Trinajstić information content (AvgIpc) is 3.09. The second kappa shape index (κ2) is 7.47. The monoisotopic (exact) mass is 355 g/mol. The Labute approximate surface area is 138 Å². The Morgan fingerprint density at radius 2 is 2.00 bits per heavy atom. The van der Waals surface area contributed by atoms with E-state index in [-0.39, 0.29) is 12.4 Å². The number of thiazole rings is 1. The van der Waals surface area contributed by atoms with Crippen LogP contribution in [0.15, 0.2) is 6.20 Å². The summed E-state index contributed by atoms with van der Waals surface area (Å²) in [5.41, 5.74) is 0. The largest absolute Gasteiger partial charge is 0.427 e. The van der Waals surface area contributed by atoms with Gasteiger partial charge < -0.3 is 5.32 Å². The number of hydrogen-bond donors (Lipinski definition) is 1. The van der Waals surface area contributed by atoms with Crippen LogP contribution in [-0.4, -0.2) is 35.6 Å². The maximum atomic E-state index is 12.6. The van der Waals surface area contributed by atoms with Gasteiger partial charge in [0.2, 0.25) is 0 Å². The van der Waals surface area contributed by atoms with Gasteiger partial charge in [0.1, 0.15) is 9.88 Å². The first-order valence-electron chi connectivity index (χ1n) is 7.50. The van der Waals surface area contributed by atoms with Crippen LogP contribution in [0, 0.1) is 5.92 Å². The van der Waals surface area contributed by atoms with Gasteiger partial charge >= 0.3 is 6.18 Å². The van der Waals surface area contributed by atoms with Crippen molar-refractivity contribution in [3.05, 3.63) is 16.1 Å². The highest BCUT2D eigenvalue weighted by Crippen LogP contribution is 2.34. The molecule has 2 saturated heterocycles. The number of nitrogens with one attached hydrogen (secondary N) is 1. The molecule has 8 heteroatoms. The highest BCUT2D eigenvalue weighted by molar-refractivity contribution is 7.11. The van der Waals surface area contributed by atoms with Gasteiger partial charge in [-0.15, -0.1) is 23.7 Å². The van der Waals surface area contributed by atoms with Gasteiger partial charge in [0, 0.05) is 6.04 Å².